The predicted octanol–water partition coefficient (Wildman–Crippen LogP) is 4.58. The smallest absolute Gasteiger partial charge is 0.357 e. The largest absolute Gasteiger partial charge is 0.456 e. The van der Waals surface area contributed by atoms with E-state index in [0.29, 0.717) is 5.69 Å². The lowest BCUT2D eigenvalue weighted by molar-refractivity contribution is 0.0467. The Morgan fingerprint density at radius 2 is 1.81 bits per heavy atom. The van der Waals surface area contributed by atoms with Crippen molar-refractivity contribution in [1.82, 2.24) is 4.98 Å². The fourth-order valence-electron chi connectivity index (χ4n) is 3.52. The predicted molar refractivity (Wildman–Crippen MR) is 103 cm³/mol. The van der Waals surface area contributed by atoms with Gasteiger partial charge in [-0.3, -0.25) is 0 Å². The molecule has 3 aromatic rings. The third-order valence-corrected chi connectivity index (χ3v) is 4.91. The van der Waals surface area contributed by atoms with Crippen LogP contribution in [0.3, 0.4) is 0 Å². The Kier molecular flexibility index (Phi) is 4.82. The molecular formula is C22H22N2O2. The van der Waals surface area contributed by atoms with Crippen LogP contribution in [0.15, 0.2) is 60.8 Å². The molecule has 0 radical (unpaired) electrons. The Bertz CT molecular complexity index is 911. The van der Waals surface area contributed by atoms with Gasteiger partial charge in [-0.15, -0.1) is 0 Å². The summed E-state index contributed by atoms with van der Waals surface area (Å²) in [5, 5.41) is 2.25. The Balaban J connectivity index is 1.48. The van der Waals surface area contributed by atoms with Gasteiger partial charge in [0.15, 0.2) is 0 Å². The van der Waals surface area contributed by atoms with Gasteiger partial charge in [-0.05, 0) is 47.7 Å². The van der Waals surface area contributed by atoms with Crippen molar-refractivity contribution in [2.75, 3.05) is 18.0 Å². The summed E-state index contributed by atoms with van der Waals surface area (Å²) in [7, 11) is 0. The first-order valence-electron chi connectivity index (χ1n) is 9.16. The molecule has 2 aromatic carbocycles. The van der Waals surface area contributed by atoms with Crippen molar-refractivity contribution in [2.24, 2.45) is 0 Å². The van der Waals surface area contributed by atoms with Crippen LogP contribution < -0.4 is 4.90 Å². The highest BCUT2D eigenvalue weighted by molar-refractivity contribution is 5.89. The summed E-state index contributed by atoms with van der Waals surface area (Å²) < 4.78 is 5.54. The number of benzene rings is 2. The van der Waals surface area contributed by atoms with Crippen LogP contribution in [0.5, 0.6) is 0 Å². The monoisotopic (exact) mass is 346 g/mol. The number of anilines is 1. The number of pyridine rings is 1. The summed E-state index contributed by atoms with van der Waals surface area (Å²) in [6.07, 6.45) is 5.37. The summed E-state index contributed by atoms with van der Waals surface area (Å²) in [5.41, 5.74) is 2.42. The molecule has 26 heavy (non-hydrogen) atoms. The maximum Gasteiger partial charge on any atom is 0.357 e. The van der Waals surface area contributed by atoms with Crippen molar-refractivity contribution < 1.29 is 9.53 Å². The zero-order valence-electron chi connectivity index (χ0n) is 14.7. The summed E-state index contributed by atoms with van der Waals surface area (Å²) in [4.78, 5) is 19.0. The number of fused-ring (bicyclic) bond motifs is 1. The van der Waals surface area contributed by atoms with E-state index in [9.17, 15) is 4.79 Å². The molecule has 1 aliphatic rings. The molecule has 0 aliphatic carbocycles. The van der Waals surface area contributed by atoms with E-state index >= 15 is 0 Å². The number of carbonyl (C=O) groups excluding carboxylic acids is 1. The molecule has 0 spiro atoms. The van der Waals surface area contributed by atoms with Crippen molar-refractivity contribution in [3.63, 3.8) is 0 Å². The van der Waals surface area contributed by atoms with Gasteiger partial charge in [-0.2, -0.15) is 0 Å². The quantitative estimate of drug-likeness (QED) is 0.649. The standard InChI is InChI=1S/C22H22N2O2/c25-22(21-15-19(11-12-23-21)24-13-4-1-5-14-24)26-16-18-9-6-8-17-7-2-3-10-20(17)18/h2-3,6-12,15H,1,4-5,13-14,16H2. The summed E-state index contributed by atoms with van der Waals surface area (Å²) in [5.74, 6) is -0.378. The maximum absolute atomic E-state index is 12.5. The van der Waals surface area contributed by atoms with Crippen LogP contribution in [0.2, 0.25) is 0 Å². The highest BCUT2D eigenvalue weighted by atomic mass is 16.5. The average molecular weight is 346 g/mol. The Morgan fingerprint density at radius 1 is 1.00 bits per heavy atom. The van der Waals surface area contributed by atoms with Crippen molar-refractivity contribution in [1.29, 1.82) is 0 Å². The van der Waals surface area contributed by atoms with Gasteiger partial charge in [0.05, 0.1) is 0 Å². The molecule has 2 heterocycles. The van der Waals surface area contributed by atoms with E-state index in [1.807, 2.05) is 42.5 Å². The SMILES string of the molecule is O=C(OCc1cccc2ccccc12)c1cc(N2CCCCC2)ccn1. The number of ether oxygens (including phenoxy) is 1. The number of hydrogen-bond acceptors (Lipinski definition) is 4. The van der Waals surface area contributed by atoms with Crippen LogP contribution in [0.25, 0.3) is 10.8 Å². The molecule has 4 rings (SSSR count). The number of aromatic nitrogens is 1. The van der Waals surface area contributed by atoms with Crippen LogP contribution in [0.1, 0.15) is 35.3 Å². The minimum Gasteiger partial charge on any atom is -0.456 e. The van der Waals surface area contributed by atoms with Crippen LogP contribution >= 0.6 is 0 Å². The molecule has 4 heteroatoms. The van der Waals surface area contributed by atoms with Crippen molar-refractivity contribution in [3.05, 3.63) is 72.1 Å². The first-order chi connectivity index (χ1) is 12.8. The van der Waals surface area contributed by atoms with Crippen LogP contribution in [-0.4, -0.2) is 24.0 Å². The molecule has 0 bridgehead atoms. The third-order valence-electron chi connectivity index (χ3n) is 4.91. The van der Waals surface area contributed by atoms with E-state index in [2.05, 4.69) is 22.0 Å². The minimum atomic E-state index is -0.378. The average Bonchev–Trinajstić information content (AvgIpc) is 2.72. The van der Waals surface area contributed by atoms with Gasteiger partial charge in [0, 0.05) is 25.0 Å². The van der Waals surface area contributed by atoms with E-state index < -0.39 is 0 Å². The summed E-state index contributed by atoms with van der Waals surface area (Å²) in [6, 6.07) is 18.0. The molecule has 0 atom stereocenters. The summed E-state index contributed by atoms with van der Waals surface area (Å²) in [6.45, 7) is 2.32. The molecule has 0 amide bonds. The molecule has 1 aliphatic heterocycles. The molecule has 0 saturated carbocycles. The lowest BCUT2D eigenvalue weighted by atomic mass is 10.1. The van der Waals surface area contributed by atoms with E-state index in [4.69, 9.17) is 4.74 Å². The fourth-order valence-corrected chi connectivity index (χ4v) is 3.52. The first kappa shape index (κ1) is 16.6. The Hall–Kier alpha value is -2.88. The van der Waals surface area contributed by atoms with Crippen LogP contribution in [0.4, 0.5) is 5.69 Å². The second-order valence-electron chi connectivity index (χ2n) is 6.66. The number of nitrogens with zero attached hydrogens (tertiary/aromatic N) is 2. The van der Waals surface area contributed by atoms with E-state index in [1.165, 1.54) is 19.3 Å². The molecule has 0 N–H and O–H groups in total. The van der Waals surface area contributed by atoms with Gasteiger partial charge in [-0.1, -0.05) is 42.5 Å². The molecule has 1 fully saturated rings. The third kappa shape index (κ3) is 3.54. The van der Waals surface area contributed by atoms with Gasteiger partial charge in [-0.25, -0.2) is 9.78 Å². The van der Waals surface area contributed by atoms with E-state index in [-0.39, 0.29) is 12.6 Å². The summed E-state index contributed by atoms with van der Waals surface area (Å²) >= 11 is 0. The van der Waals surface area contributed by atoms with Gasteiger partial charge >= 0.3 is 5.97 Å². The van der Waals surface area contributed by atoms with E-state index in [1.54, 1.807) is 6.20 Å². The number of piperidine rings is 1. The topological polar surface area (TPSA) is 42.4 Å². The molecule has 1 saturated heterocycles. The van der Waals surface area contributed by atoms with Gasteiger partial charge in [0.2, 0.25) is 0 Å². The molecule has 0 unspecified atom stereocenters. The van der Waals surface area contributed by atoms with E-state index in [0.717, 1.165) is 35.1 Å². The van der Waals surface area contributed by atoms with Gasteiger partial charge < -0.3 is 9.64 Å². The van der Waals surface area contributed by atoms with Crippen molar-refractivity contribution in [3.8, 4) is 0 Å². The zero-order chi connectivity index (χ0) is 17.8. The highest BCUT2D eigenvalue weighted by Gasteiger charge is 2.15. The van der Waals surface area contributed by atoms with Gasteiger partial charge in [0.1, 0.15) is 12.3 Å². The molecule has 1 aromatic heterocycles. The normalized spacial score (nSPS) is 14.4. The number of hydrogen-bond donors (Lipinski definition) is 0. The lowest BCUT2D eigenvalue weighted by Crippen LogP contribution is -2.29. The fraction of sp³-hybridized carbons (Fsp3) is 0.273. The molecular weight excluding hydrogens is 324 g/mol. The molecule has 4 nitrogen and oxygen atoms in total. The highest BCUT2D eigenvalue weighted by Crippen LogP contribution is 2.22. The Morgan fingerprint density at radius 3 is 2.69 bits per heavy atom. The maximum atomic E-state index is 12.5. The van der Waals surface area contributed by atoms with Gasteiger partial charge in [0.25, 0.3) is 0 Å². The second-order valence-corrected chi connectivity index (χ2v) is 6.66. The zero-order valence-corrected chi connectivity index (χ0v) is 14.7. The second kappa shape index (κ2) is 7.56. The number of rotatable bonds is 4. The lowest BCUT2D eigenvalue weighted by Gasteiger charge is -2.28. The first-order valence-corrected chi connectivity index (χ1v) is 9.16. The van der Waals surface area contributed by atoms with Crippen LogP contribution in [0, 0.1) is 0 Å². The number of esters is 1. The molecule has 132 valence electrons. The number of carbonyl (C=O) groups is 1. The van der Waals surface area contributed by atoms with Crippen molar-refractivity contribution >= 4 is 22.4 Å². The minimum absolute atomic E-state index is 0.246. The Labute approximate surface area is 153 Å². The van der Waals surface area contributed by atoms with Crippen molar-refractivity contribution in [2.45, 2.75) is 25.9 Å². The van der Waals surface area contributed by atoms with Crippen LogP contribution in [-0.2, 0) is 11.3 Å².